The first-order chi connectivity index (χ1) is 14.1. The molecule has 0 bridgehead atoms. The molecule has 0 saturated heterocycles. The highest BCUT2D eigenvalue weighted by molar-refractivity contribution is 5.88. The molecule has 1 aromatic rings. The lowest BCUT2D eigenvalue weighted by atomic mass is 10.1. The molecule has 3 nitrogen and oxygen atoms in total. The van der Waals surface area contributed by atoms with Crippen LogP contribution in [0.4, 0.5) is 10.1 Å². The SMILES string of the molecule is CCCCCCCCC=CCCCCCCCCNc1ccc(C(=O)O)cc1F. The van der Waals surface area contributed by atoms with E-state index in [0.29, 0.717) is 12.2 Å². The standard InChI is InChI=1S/C25H40FNO2/c1-2-3-4-5-6-7-8-9-10-11-12-13-14-15-16-17-20-27-24-19-18-22(25(28)29)21-23(24)26/h9-10,18-19,21,27H,2-8,11-17,20H2,1H3,(H,28,29). The van der Waals surface area contributed by atoms with E-state index in [2.05, 4.69) is 24.4 Å². The van der Waals surface area contributed by atoms with Gasteiger partial charge in [-0.1, -0.05) is 76.9 Å². The molecular formula is C25H40FNO2. The number of nitrogens with one attached hydrogen (secondary N) is 1. The van der Waals surface area contributed by atoms with E-state index in [1.165, 1.54) is 89.2 Å². The Morgan fingerprint density at radius 1 is 0.897 bits per heavy atom. The Morgan fingerprint density at radius 2 is 1.45 bits per heavy atom. The van der Waals surface area contributed by atoms with Crippen LogP contribution < -0.4 is 5.32 Å². The van der Waals surface area contributed by atoms with E-state index in [1.807, 2.05) is 0 Å². The molecule has 0 fully saturated rings. The topological polar surface area (TPSA) is 49.3 Å². The summed E-state index contributed by atoms with van der Waals surface area (Å²) in [5, 5.41) is 11.9. The second-order valence-corrected chi connectivity index (χ2v) is 7.86. The lowest BCUT2D eigenvalue weighted by molar-refractivity contribution is 0.0696. The second kappa shape index (κ2) is 17.1. The Kier molecular flexibility index (Phi) is 14.8. The van der Waals surface area contributed by atoms with Gasteiger partial charge in [0.25, 0.3) is 0 Å². The molecule has 0 radical (unpaired) electrons. The number of aromatic carboxylic acids is 1. The van der Waals surface area contributed by atoms with Crippen molar-refractivity contribution in [3.05, 3.63) is 41.7 Å². The number of rotatable bonds is 18. The van der Waals surface area contributed by atoms with Crippen molar-refractivity contribution in [1.82, 2.24) is 0 Å². The highest BCUT2D eigenvalue weighted by atomic mass is 19.1. The van der Waals surface area contributed by atoms with Gasteiger partial charge in [-0.2, -0.15) is 0 Å². The van der Waals surface area contributed by atoms with Gasteiger partial charge in [-0.3, -0.25) is 0 Å². The van der Waals surface area contributed by atoms with Gasteiger partial charge < -0.3 is 10.4 Å². The summed E-state index contributed by atoms with van der Waals surface area (Å²) in [5.41, 5.74) is 0.355. The Labute approximate surface area is 176 Å². The number of allylic oxidation sites excluding steroid dienone is 2. The zero-order valence-electron chi connectivity index (χ0n) is 18.2. The number of carboxylic acid groups (broad SMARTS) is 1. The van der Waals surface area contributed by atoms with Crippen LogP contribution in [0.3, 0.4) is 0 Å². The van der Waals surface area contributed by atoms with E-state index in [0.717, 1.165) is 18.9 Å². The van der Waals surface area contributed by atoms with Gasteiger partial charge >= 0.3 is 5.97 Å². The molecule has 0 heterocycles. The van der Waals surface area contributed by atoms with Crippen molar-refractivity contribution in [3.8, 4) is 0 Å². The Bertz CT molecular complexity index is 586. The molecule has 0 aliphatic rings. The maximum Gasteiger partial charge on any atom is 0.335 e. The number of unbranched alkanes of at least 4 members (excludes halogenated alkanes) is 12. The van der Waals surface area contributed by atoms with Crippen LogP contribution in [0.25, 0.3) is 0 Å². The molecule has 0 unspecified atom stereocenters. The number of benzene rings is 1. The van der Waals surface area contributed by atoms with Crippen LogP contribution in [-0.4, -0.2) is 17.6 Å². The van der Waals surface area contributed by atoms with E-state index < -0.39 is 11.8 Å². The minimum absolute atomic E-state index is 0.0229. The summed E-state index contributed by atoms with van der Waals surface area (Å²) < 4.78 is 13.8. The molecule has 0 saturated carbocycles. The molecule has 1 rings (SSSR count). The number of carbonyl (C=O) groups is 1. The van der Waals surface area contributed by atoms with Gasteiger partial charge in [0.15, 0.2) is 0 Å². The lowest BCUT2D eigenvalue weighted by Gasteiger charge is -2.08. The zero-order chi connectivity index (χ0) is 21.2. The van der Waals surface area contributed by atoms with Crippen LogP contribution in [-0.2, 0) is 0 Å². The molecule has 2 N–H and O–H groups in total. The quantitative estimate of drug-likeness (QED) is 0.192. The molecule has 164 valence electrons. The predicted octanol–water partition coefficient (Wildman–Crippen LogP) is 7.97. The van der Waals surface area contributed by atoms with Gasteiger partial charge in [0, 0.05) is 6.54 Å². The van der Waals surface area contributed by atoms with Gasteiger partial charge in [0.2, 0.25) is 0 Å². The molecule has 29 heavy (non-hydrogen) atoms. The largest absolute Gasteiger partial charge is 0.478 e. The highest BCUT2D eigenvalue weighted by Crippen LogP contribution is 2.16. The number of hydrogen-bond acceptors (Lipinski definition) is 2. The van der Waals surface area contributed by atoms with Gasteiger partial charge in [-0.15, -0.1) is 0 Å². The molecule has 0 aliphatic carbocycles. The van der Waals surface area contributed by atoms with Crippen molar-refractivity contribution >= 4 is 11.7 Å². The van der Waals surface area contributed by atoms with Gasteiger partial charge in [0.1, 0.15) is 5.82 Å². The van der Waals surface area contributed by atoms with Crippen molar-refractivity contribution in [1.29, 1.82) is 0 Å². The van der Waals surface area contributed by atoms with E-state index in [1.54, 1.807) is 0 Å². The van der Waals surface area contributed by atoms with Gasteiger partial charge in [0.05, 0.1) is 11.3 Å². The van der Waals surface area contributed by atoms with Crippen molar-refractivity contribution in [2.45, 2.75) is 96.8 Å². The van der Waals surface area contributed by atoms with Crippen LogP contribution in [0.1, 0.15) is 107 Å². The highest BCUT2D eigenvalue weighted by Gasteiger charge is 2.07. The number of halogens is 1. The molecular weight excluding hydrogens is 365 g/mol. The van der Waals surface area contributed by atoms with Crippen LogP contribution >= 0.6 is 0 Å². The average Bonchev–Trinajstić information content (AvgIpc) is 2.71. The lowest BCUT2D eigenvalue weighted by Crippen LogP contribution is -2.05. The van der Waals surface area contributed by atoms with Crippen LogP contribution in [0.5, 0.6) is 0 Å². The maximum atomic E-state index is 13.8. The van der Waals surface area contributed by atoms with Crippen LogP contribution in [0.2, 0.25) is 0 Å². The molecule has 0 aromatic heterocycles. The summed E-state index contributed by atoms with van der Waals surface area (Å²) in [6.45, 7) is 2.97. The second-order valence-electron chi connectivity index (χ2n) is 7.86. The first-order valence-corrected chi connectivity index (χ1v) is 11.6. The van der Waals surface area contributed by atoms with E-state index in [-0.39, 0.29) is 5.56 Å². The third kappa shape index (κ3) is 13.1. The molecule has 0 aliphatic heterocycles. The normalized spacial score (nSPS) is 11.2. The fourth-order valence-corrected chi connectivity index (χ4v) is 3.39. The maximum absolute atomic E-state index is 13.8. The van der Waals surface area contributed by atoms with Gasteiger partial charge in [-0.25, -0.2) is 9.18 Å². The summed E-state index contributed by atoms with van der Waals surface area (Å²) in [6.07, 6.45) is 22.5. The molecule has 0 atom stereocenters. The van der Waals surface area contributed by atoms with Crippen LogP contribution in [0.15, 0.2) is 30.4 Å². The summed E-state index contributed by atoms with van der Waals surface area (Å²) in [4.78, 5) is 10.8. The van der Waals surface area contributed by atoms with E-state index in [9.17, 15) is 9.18 Å². The molecule has 1 aromatic carbocycles. The van der Waals surface area contributed by atoms with Crippen molar-refractivity contribution < 1.29 is 14.3 Å². The molecule has 0 spiro atoms. The fraction of sp³-hybridized carbons (Fsp3) is 0.640. The first-order valence-electron chi connectivity index (χ1n) is 11.6. The summed E-state index contributed by atoms with van der Waals surface area (Å²) in [6, 6.07) is 3.99. The average molecular weight is 406 g/mol. The predicted molar refractivity (Wildman–Crippen MR) is 121 cm³/mol. The summed E-state index contributed by atoms with van der Waals surface area (Å²) in [7, 11) is 0. The number of hydrogen-bond donors (Lipinski definition) is 2. The van der Waals surface area contributed by atoms with Gasteiger partial charge in [-0.05, 0) is 50.3 Å². The third-order valence-electron chi connectivity index (χ3n) is 5.22. The van der Waals surface area contributed by atoms with Crippen molar-refractivity contribution in [2.75, 3.05) is 11.9 Å². The Hall–Kier alpha value is -1.84. The number of anilines is 1. The monoisotopic (exact) mass is 405 g/mol. The Morgan fingerprint density at radius 3 is 2.00 bits per heavy atom. The van der Waals surface area contributed by atoms with Crippen LogP contribution in [0, 0.1) is 5.82 Å². The minimum Gasteiger partial charge on any atom is -0.478 e. The van der Waals surface area contributed by atoms with E-state index >= 15 is 0 Å². The van der Waals surface area contributed by atoms with Crippen molar-refractivity contribution in [2.24, 2.45) is 0 Å². The Balaban J connectivity index is 1.90. The molecule has 4 heteroatoms. The third-order valence-corrected chi connectivity index (χ3v) is 5.22. The zero-order valence-corrected chi connectivity index (χ0v) is 18.2. The van der Waals surface area contributed by atoms with Crippen molar-refractivity contribution in [3.63, 3.8) is 0 Å². The smallest absolute Gasteiger partial charge is 0.335 e. The minimum atomic E-state index is -1.11. The molecule has 0 amide bonds. The fourth-order valence-electron chi connectivity index (χ4n) is 3.39. The number of carboxylic acids is 1. The summed E-state index contributed by atoms with van der Waals surface area (Å²) in [5.74, 6) is -1.61. The van der Waals surface area contributed by atoms with E-state index in [4.69, 9.17) is 5.11 Å². The first kappa shape index (κ1) is 25.2. The summed E-state index contributed by atoms with van der Waals surface area (Å²) >= 11 is 0.